The van der Waals surface area contributed by atoms with Crippen LogP contribution in [0.4, 0.5) is 9.18 Å². The molecule has 2 aliphatic rings. The average Bonchev–Trinajstić information content (AvgIpc) is 2.58. The Labute approximate surface area is 158 Å². The van der Waals surface area contributed by atoms with Crippen LogP contribution in [-0.4, -0.2) is 54.8 Å². The highest BCUT2D eigenvalue weighted by atomic mass is 19.1. The van der Waals surface area contributed by atoms with Crippen molar-refractivity contribution >= 4 is 11.9 Å². The van der Waals surface area contributed by atoms with Gasteiger partial charge >= 0.3 is 6.09 Å². The van der Waals surface area contributed by atoms with E-state index in [1.54, 1.807) is 4.90 Å². The van der Waals surface area contributed by atoms with Gasteiger partial charge in [0.05, 0.1) is 38.0 Å². The van der Waals surface area contributed by atoms with Gasteiger partial charge in [-0.2, -0.15) is 0 Å². The summed E-state index contributed by atoms with van der Waals surface area (Å²) in [6, 6.07) is 3.51. The van der Waals surface area contributed by atoms with E-state index >= 15 is 0 Å². The third kappa shape index (κ3) is 4.24. The molecule has 2 unspecified atom stereocenters. The molecule has 0 aromatic heterocycles. The zero-order valence-electron chi connectivity index (χ0n) is 16.2. The smallest absolute Gasteiger partial charge is 0.410 e. The van der Waals surface area contributed by atoms with Gasteiger partial charge in [0.15, 0.2) is 5.78 Å². The van der Waals surface area contributed by atoms with Crippen molar-refractivity contribution in [2.75, 3.05) is 20.3 Å². The van der Waals surface area contributed by atoms with Crippen LogP contribution in [0.3, 0.4) is 0 Å². The molecule has 7 heteroatoms. The maximum Gasteiger partial charge on any atom is 0.410 e. The number of morpholine rings is 1. The Hall–Kier alpha value is -2.15. The molecule has 1 aromatic rings. The minimum atomic E-state index is -0.583. The second-order valence-electron chi connectivity index (χ2n) is 8.11. The molecule has 2 bridgehead atoms. The molecule has 1 aromatic carbocycles. The first-order chi connectivity index (χ1) is 12.7. The fourth-order valence-corrected chi connectivity index (χ4v) is 3.83. The summed E-state index contributed by atoms with van der Waals surface area (Å²) in [7, 11) is 1.42. The van der Waals surface area contributed by atoms with Crippen LogP contribution < -0.4 is 4.74 Å². The summed E-state index contributed by atoms with van der Waals surface area (Å²) < 4.78 is 29.7. The summed E-state index contributed by atoms with van der Waals surface area (Å²) in [6.07, 6.45) is 0.593. The fraction of sp³-hybridized carbons (Fsp3) is 0.600. The van der Waals surface area contributed by atoms with E-state index in [1.165, 1.54) is 25.3 Å². The third-order valence-corrected chi connectivity index (χ3v) is 4.92. The maximum absolute atomic E-state index is 13.4. The average molecular weight is 379 g/mol. The van der Waals surface area contributed by atoms with Crippen LogP contribution in [0.5, 0.6) is 5.75 Å². The lowest BCUT2D eigenvalue weighted by Gasteiger charge is -2.47. The van der Waals surface area contributed by atoms with Crippen molar-refractivity contribution in [3.05, 3.63) is 29.6 Å². The molecule has 0 spiro atoms. The van der Waals surface area contributed by atoms with E-state index in [9.17, 15) is 14.0 Å². The molecule has 2 atom stereocenters. The Morgan fingerprint density at radius 2 is 1.81 bits per heavy atom. The SMILES string of the molecule is COc1cc(F)ccc1C(=O)C1CC2COCC(C1)N2C(=O)OC(C)(C)C. The Kier molecular flexibility index (Phi) is 5.42. The highest BCUT2D eigenvalue weighted by molar-refractivity contribution is 6.00. The summed E-state index contributed by atoms with van der Waals surface area (Å²) >= 11 is 0. The van der Waals surface area contributed by atoms with Gasteiger partial charge in [0, 0.05) is 12.0 Å². The molecule has 2 heterocycles. The van der Waals surface area contributed by atoms with Crippen molar-refractivity contribution < 1.29 is 28.2 Å². The molecule has 0 aliphatic carbocycles. The number of Topliss-reactive ketones (excluding diaryl/α,β-unsaturated/α-hetero) is 1. The predicted molar refractivity (Wildman–Crippen MR) is 96.5 cm³/mol. The van der Waals surface area contributed by atoms with Gasteiger partial charge in [-0.1, -0.05) is 0 Å². The van der Waals surface area contributed by atoms with Crippen molar-refractivity contribution in [1.29, 1.82) is 0 Å². The monoisotopic (exact) mass is 379 g/mol. The molecule has 0 N–H and O–H groups in total. The molecule has 148 valence electrons. The largest absolute Gasteiger partial charge is 0.496 e. The number of halogens is 1. The molecule has 27 heavy (non-hydrogen) atoms. The minimum absolute atomic E-state index is 0.0902. The van der Waals surface area contributed by atoms with Crippen LogP contribution in [-0.2, 0) is 9.47 Å². The van der Waals surface area contributed by atoms with Gasteiger partial charge in [-0.15, -0.1) is 0 Å². The molecule has 2 aliphatic heterocycles. The van der Waals surface area contributed by atoms with E-state index < -0.39 is 11.4 Å². The highest BCUT2D eigenvalue weighted by Gasteiger charge is 2.45. The Bertz CT molecular complexity index is 716. The summed E-state index contributed by atoms with van der Waals surface area (Å²) in [4.78, 5) is 27.4. The van der Waals surface area contributed by atoms with Gasteiger partial charge in [-0.3, -0.25) is 9.69 Å². The number of nitrogens with zero attached hydrogens (tertiary/aromatic N) is 1. The summed E-state index contributed by atoms with van der Waals surface area (Å²) in [6.45, 7) is 6.23. The predicted octanol–water partition coefficient (Wildman–Crippen LogP) is 3.43. The lowest BCUT2D eigenvalue weighted by Crippen LogP contribution is -2.60. The first-order valence-electron chi connectivity index (χ1n) is 9.16. The summed E-state index contributed by atoms with van der Waals surface area (Å²) in [5.41, 5.74) is -0.214. The maximum atomic E-state index is 13.4. The molecule has 1 amide bonds. The number of hydrogen-bond acceptors (Lipinski definition) is 5. The standard InChI is InChI=1S/C20H26FNO5/c1-20(2,3)27-19(24)22-14-7-12(8-15(22)11-26-10-14)18(23)16-6-5-13(21)9-17(16)25-4/h5-6,9,12,14-15H,7-8,10-11H2,1-4H3. The van der Waals surface area contributed by atoms with Crippen LogP contribution in [0.2, 0.25) is 0 Å². The Morgan fingerprint density at radius 1 is 1.19 bits per heavy atom. The van der Waals surface area contributed by atoms with Crippen molar-refractivity contribution in [1.82, 2.24) is 4.90 Å². The molecular weight excluding hydrogens is 353 g/mol. The number of ether oxygens (including phenoxy) is 3. The van der Waals surface area contributed by atoms with Crippen molar-refractivity contribution in [3.8, 4) is 5.75 Å². The quantitative estimate of drug-likeness (QED) is 0.753. The molecule has 2 saturated heterocycles. The molecule has 0 radical (unpaired) electrons. The number of fused-ring (bicyclic) bond motifs is 2. The first-order valence-corrected chi connectivity index (χ1v) is 9.16. The second-order valence-corrected chi connectivity index (χ2v) is 8.11. The summed E-state index contributed by atoms with van der Waals surface area (Å²) in [5.74, 6) is -0.584. The van der Waals surface area contributed by atoms with E-state index in [0.717, 1.165) is 0 Å². The van der Waals surface area contributed by atoms with E-state index in [1.807, 2.05) is 20.8 Å². The van der Waals surface area contributed by atoms with Crippen LogP contribution >= 0.6 is 0 Å². The van der Waals surface area contributed by atoms with E-state index in [2.05, 4.69) is 0 Å². The number of hydrogen-bond donors (Lipinski definition) is 0. The van der Waals surface area contributed by atoms with Crippen LogP contribution in [0.15, 0.2) is 18.2 Å². The number of methoxy groups -OCH3 is 1. The molecule has 2 fully saturated rings. The highest BCUT2D eigenvalue weighted by Crippen LogP contribution is 2.36. The Morgan fingerprint density at radius 3 is 2.37 bits per heavy atom. The minimum Gasteiger partial charge on any atom is -0.496 e. The van der Waals surface area contributed by atoms with Crippen molar-refractivity contribution in [3.63, 3.8) is 0 Å². The first kappa shape index (κ1) is 19.6. The van der Waals surface area contributed by atoms with Gasteiger partial charge in [-0.25, -0.2) is 9.18 Å². The lowest BCUT2D eigenvalue weighted by molar-refractivity contribution is -0.0861. The Balaban J connectivity index is 1.78. The van der Waals surface area contributed by atoms with Gasteiger partial charge in [0.25, 0.3) is 0 Å². The summed E-state index contributed by atoms with van der Waals surface area (Å²) in [5, 5.41) is 0. The number of carbonyl (C=O) groups is 2. The number of piperidine rings is 1. The third-order valence-electron chi connectivity index (χ3n) is 4.92. The van der Waals surface area contributed by atoms with E-state index in [0.29, 0.717) is 31.6 Å². The topological polar surface area (TPSA) is 65.1 Å². The van der Waals surface area contributed by atoms with Gasteiger partial charge in [0.2, 0.25) is 0 Å². The lowest BCUT2D eigenvalue weighted by atomic mass is 9.80. The molecule has 3 rings (SSSR count). The van der Waals surface area contributed by atoms with Crippen LogP contribution in [0, 0.1) is 11.7 Å². The van der Waals surface area contributed by atoms with Crippen LogP contribution in [0.25, 0.3) is 0 Å². The van der Waals surface area contributed by atoms with Gasteiger partial charge < -0.3 is 14.2 Å². The number of ketones is 1. The van der Waals surface area contributed by atoms with Crippen LogP contribution in [0.1, 0.15) is 44.0 Å². The number of benzene rings is 1. The van der Waals surface area contributed by atoms with E-state index in [4.69, 9.17) is 14.2 Å². The zero-order chi connectivity index (χ0) is 19.8. The normalized spacial score (nSPS) is 25.1. The molecule has 6 nitrogen and oxygen atoms in total. The van der Waals surface area contributed by atoms with Crippen molar-refractivity contribution in [2.24, 2.45) is 5.92 Å². The van der Waals surface area contributed by atoms with Crippen molar-refractivity contribution in [2.45, 2.75) is 51.3 Å². The van der Waals surface area contributed by atoms with E-state index in [-0.39, 0.29) is 35.6 Å². The fourth-order valence-electron chi connectivity index (χ4n) is 3.83. The number of carbonyl (C=O) groups excluding carboxylic acids is 2. The second kappa shape index (κ2) is 7.46. The number of rotatable bonds is 3. The zero-order valence-corrected chi connectivity index (χ0v) is 16.2. The molecule has 0 saturated carbocycles. The van der Waals surface area contributed by atoms with Gasteiger partial charge in [-0.05, 0) is 45.7 Å². The molecular formula is C20H26FNO5. The van der Waals surface area contributed by atoms with Gasteiger partial charge in [0.1, 0.15) is 17.2 Å². The number of amides is 1.